The third kappa shape index (κ3) is 3.41. The number of hydrogen-bond acceptors (Lipinski definition) is 5. The number of nitrogens with zero attached hydrogens (tertiary/aromatic N) is 1. The monoisotopic (exact) mass is 373 g/mol. The van der Waals surface area contributed by atoms with Gasteiger partial charge in [0.25, 0.3) is 0 Å². The number of aryl methyl sites for hydroxylation is 2. The number of carboxylic acid groups (broad SMARTS) is 1. The van der Waals surface area contributed by atoms with Crippen LogP contribution in [0.15, 0.2) is 21.3 Å². The first-order valence-corrected chi connectivity index (χ1v) is 8.97. The Kier molecular flexibility index (Phi) is 5.21. The molecule has 1 aromatic carbocycles. The van der Waals surface area contributed by atoms with Gasteiger partial charge in [-0.3, -0.25) is 4.79 Å². The van der Waals surface area contributed by atoms with Crippen LogP contribution in [-0.4, -0.2) is 41.6 Å². The van der Waals surface area contributed by atoms with E-state index < -0.39 is 17.6 Å². The maximum atomic E-state index is 12.5. The molecule has 3 rings (SSSR count). The molecule has 0 unspecified atom stereocenters. The van der Waals surface area contributed by atoms with Gasteiger partial charge in [-0.15, -0.1) is 0 Å². The molecule has 7 heteroatoms. The van der Waals surface area contributed by atoms with Gasteiger partial charge in [-0.1, -0.05) is 0 Å². The van der Waals surface area contributed by atoms with Crippen molar-refractivity contribution in [3.05, 3.63) is 39.2 Å². The Labute approximate surface area is 156 Å². The van der Waals surface area contributed by atoms with Crippen molar-refractivity contribution >= 4 is 22.8 Å². The van der Waals surface area contributed by atoms with E-state index in [0.717, 1.165) is 16.5 Å². The highest BCUT2D eigenvalue weighted by molar-refractivity contribution is 5.86. The Morgan fingerprint density at radius 3 is 2.70 bits per heavy atom. The zero-order chi connectivity index (χ0) is 19.7. The Morgan fingerprint density at radius 2 is 2.04 bits per heavy atom. The van der Waals surface area contributed by atoms with Gasteiger partial charge in [0, 0.05) is 29.5 Å². The summed E-state index contributed by atoms with van der Waals surface area (Å²) in [6.07, 6.45) is 1.45. The van der Waals surface area contributed by atoms with Crippen molar-refractivity contribution in [2.45, 2.75) is 45.6 Å². The quantitative estimate of drug-likeness (QED) is 0.809. The van der Waals surface area contributed by atoms with Crippen LogP contribution in [0.3, 0.4) is 0 Å². The minimum absolute atomic E-state index is 0.0794. The van der Waals surface area contributed by atoms with E-state index in [1.807, 2.05) is 26.0 Å². The maximum absolute atomic E-state index is 12.5. The van der Waals surface area contributed by atoms with Gasteiger partial charge in [0.2, 0.25) is 5.91 Å². The van der Waals surface area contributed by atoms with Crippen molar-refractivity contribution in [2.24, 2.45) is 0 Å². The van der Waals surface area contributed by atoms with E-state index in [9.17, 15) is 19.5 Å². The van der Waals surface area contributed by atoms with Crippen LogP contribution in [0.1, 0.15) is 36.0 Å². The van der Waals surface area contributed by atoms with Gasteiger partial charge in [0.15, 0.2) is 0 Å². The predicted molar refractivity (Wildman–Crippen MR) is 99.2 cm³/mol. The number of aliphatic carboxylic acids is 1. The number of carboxylic acids is 1. The number of benzene rings is 1. The van der Waals surface area contributed by atoms with E-state index in [-0.39, 0.29) is 18.7 Å². The van der Waals surface area contributed by atoms with Crippen molar-refractivity contribution in [1.82, 2.24) is 4.90 Å². The van der Waals surface area contributed by atoms with E-state index in [0.29, 0.717) is 36.3 Å². The van der Waals surface area contributed by atoms with Crippen molar-refractivity contribution < 1.29 is 23.8 Å². The molecule has 1 aliphatic rings. The van der Waals surface area contributed by atoms with E-state index in [4.69, 9.17) is 9.15 Å². The van der Waals surface area contributed by atoms with Crippen LogP contribution in [0, 0.1) is 13.8 Å². The van der Waals surface area contributed by atoms with Gasteiger partial charge in [0.05, 0.1) is 7.11 Å². The van der Waals surface area contributed by atoms with Crippen molar-refractivity contribution in [1.29, 1.82) is 0 Å². The van der Waals surface area contributed by atoms with Gasteiger partial charge >= 0.3 is 11.6 Å². The Bertz CT molecular complexity index is 961. The van der Waals surface area contributed by atoms with Crippen LogP contribution in [-0.2, 0) is 16.0 Å². The van der Waals surface area contributed by atoms with Gasteiger partial charge in [-0.25, -0.2) is 9.59 Å². The normalized spacial score (nSPS) is 16.7. The Morgan fingerprint density at radius 1 is 1.30 bits per heavy atom. The minimum atomic E-state index is -0.980. The minimum Gasteiger partial charge on any atom is -0.496 e. The molecule has 0 aliphatic carbocycles. The summed E-state index contributed by atoms with van der Waals surface area (Å²) in [7, 11) is 1.56. The lowest BCUT2D eigenvalue weighted by Crippen LogP contribution is -2.40. The highest BCUT2D eigenvalue weighted by Gasteiger charge is 2.33. The van der Waals surface area contributed by atoms with Gasteiger partial charge in [0.1, 0.15) is 17.4 Å². The number of amides is 1. The van der Waals surface area contributed by atoms with E-state index in [1.165, 1.54) is 4.90 Å². The smallest absolute Gasteiger partial charge is 0.339 e. The topological polar surface area (TPSA) is 97.0 Å². The molecular weight excluding hydrogens is 350 g/mol. The fourth-order valence-electron chi connectivity index (χ4n) is 3.78. The number of ether oxygens (including phenoxy) is 1. The van der Waals surface area contributed by atoms with E-state index >= 15 is 0 Å². The van der Waals surface area contributed by atoms with Crippen LogP contribution in [0.25, 0.3) is 11.0 Å². The first kappa shape index (κ1) is 18.9. The van der Waals surface area contributed by atoms with Crippen LogP contribution in [0.2, 0.25) is 0 Å². The van der Waals surface area contributed by atoms with Crippen LogP contribution in [0.4, 0.5) is 0 Å². The van der Waals surface area contributed by atoms with E-state index in [1.54, 1.807) is 7.11 Å². The molecule has 2 aromatic rings. The third-order valence-electron chi connectivity index (χ3n) is 5.32. The second-order valence-electron chi connectivity index (χ2n) is 6.85. The summed E-state index contributed by atoms with van der Waals surface area (Å²) in [5, 5.41) is 10.0. The molecule has 1 amide bonds. The molecule has 1 aliphatic heterocycles. The average Bonchev–Trinajstić information content (AvgIpc) is 3.12. The molecule has 0 bridgehead atoms. The number of fused-ring (bicyclic) bond motifs is 1. The fourth-order valence-corrected chi connectivity index (χ4v) is 3.78. The summed E-state index contributed by atoms with van der Waals surface area (Å²) < 4.78 is 10.8. The standard InChI is InChI=1S/C20H23NO6/c1-11-13-6-8-16(26-3)12(2)18(13)27-20(25)14(11)7-9-17(22)21-10-4-5-15(21)19(23)24/h6,8,15H,4-5,7,9-10H2,1-3H3,(H,23,24)/t15-/m1/s1. The third-order valence-corrected chi connectivity index (χ3v) is 5.32. The zero-order valence-corrected chi connectivity index (χ0v) is 15.7. The first-order chi connectivity index (χ1) is 12.8. The van der Waals surface area contributed by atoms with Gasteiger partial charge < -0.3 is 19.2 Å². The number of methoxy groups -OCH3 is 1. The number of rotatable bonds is 5. The SMILES string of the molecule is COc1ccc2c(C)c(CCC(=O)N3CCC[C@@H]3C(=O)O)c(=O)oc2c1C. The maximum Gasteiger partial charge on any atom is 0.339 e. The van der Waals surface area contributed by atoms with Gasteiger partial charge in [-0.05, 0) is 50.8 Å². The molecule has 144 valence electrons. The van der Waals surface area contributed by atoms with Crippen molar-refractivity contribution in [3.8, 4) is 5.75 Å². The molecule has 0 radical (unpaired) electrons. The zero-order valence-electron chi connectivity index (χ0n) is 15.7. The highest BCUT2D eigenvalue weighted by atomic mass is 16.5. The molecule has 1 fully saturated rings. The van der Waals surface area contributed by atoms with Crippen LogP contribution < -0.4 is 10.4 Å². The molecular formula is C20H23NO6. The lowest BCUT2D eigenvalue weighted by Gasteiger charge is -2.21. The Balaban J connectivity index is 1.86. The number of carbonyl (C=O) groups excluding carboxylic acids is 1. The average molecular weight is 373 g/mol. The molecule has 0 saturated carbocycles. The first-order valence-electron chi connectivity index (χ1n) is 8.97. The molecule has 0 spiro atoms. The second-order valence-corrected chi connectivity index (χ2v) is 6.85. The van der Waals surface area contributed by atoms with Crippen LogP contribution >= 0.6 is 0 Å². The highest BCUT2D eigenvalue weighted by Crippen LogP contribution is 2.29. The molecule has 1 aromatic heterocycles. The lowest BCUT2D eigenvalue weighted by molar-refractivity contribution is -0.148. The summed E-state index contributed by atoms with van der Waals surface area (Å²) in [5.74, 6) is -0.585. The Hall–Kier alpha value is -2.83. The number of carbonyl (C=O) groups is 2. The number of hydrogen-bond donors (Lipinski definition) is 1. The van der Waals surface area contributed by atoms with Crippen molar-refractivity contribution in [2.75, 3.05) is 13.7 Å². The summed E-state index contributed by atoms with van der Waals surface area (Å²) in [6, 6.07) is 2.90. The summed E-state index contributed by atoms with van der Waals surface area (Å²) in [6.45, 7) is 4.10. The predicted octanol–water partition coefficient (Wildman–Crippen LogP) is 2.43. The van der Waals surface area contributed by atoms with E-state index in [2.05, 4.69) is 0 Å². The summed E-state index contributed by atoms with van der Waals surface area (Å²) >= 11 is 0. The largest absolute Gasteiger partial charge is 0.496 e. The second kappa shape index (κ2) is 7.42. The van der Waals surface area contributed by atoms with Gasteiger partial charge in [-0.2, -0.15) is 0 Å². The summed E-state index contributed by atoms with van der Waals surface area (Å²) in [5.41, 5.74) is 1.99. The molecule has 7 nitrogen and oxygen atoms in total. The molecule has 1 N–H and O–H groups in total. The molecule has 27 heavy (non-hydrogen) atoms. The van der Waals surface area contributed by atoms with Crippen molar-refractivity contribution in [3.63, 3.8) is 0 Å². The lowest BCUT2D eigenvalue weighted by atomic mass is 10.00. The number of likely N-dealkylation sites (tertiary alicyclic amines) is 1. The molecule has 1 atom stereocenters. The van der Waals surface area contributed by atoms with Crippen LogP contribution in [0.5, 0.6) is 5.75 Å². The summed E-state index contributed by atoms with van der Waals surface area (Å²) in [4.78, 5) is 37.6. The molecule has 2 heterocycles. The fraction of sp³-hybridized carbons (Fsp3) is 0.450. The molecule has 1 saturated heterocycles.